The second kappa shape index (κ2) is 4.89. The van der Waals surface area contributed by atoms with Crippen molar-refractivity contribution in [2.24, 2.45) is 0 Å². The number of pyridine rings is 1. The first kappa shape index (κ1) is 12.8. The minimum absolute atomic E-state index is 0.369. The van der Waals surface area contributed by atoms with Crippen LogP contribution >= 0.6 is 11.3 Å². The number of thiazole rings is 1. The number of nitrogens with zero attached hydrogens (tertiary/aromatic N) is 2. The van der Waals surface area contributed by atoms with E-state index in [1.165, 1.54) is 11.3 Å². The van der Waals surface area contributed by atoms with Gasteiger partial charge in [-0.25, -0.2) is 9.78 Å². The highest BCUT2D eigenvalue weighted by Gasteiger charge is 2.16. The fraction of sp³-hybridized carbons (Fsp3) is 0.417. The van der Waals surface area contributed by atoms with Crippen LogP contribution in [0, 0.1) is 0 Å². The first-order chi connectivity index (χ1) is 8.44. The number of amides is 1. The van der Waals surface area contributed by atoms with E-state index in [4.69, 9.17) is 4.74 Å². The van der Waals surface area contributed by atoms with Crippen LogP contribution in [0.4, 0.5) is 4.79 Å². The number of carbonyl (C=O) groups is 1. The topological polar surface area (TPSA) is 64.1 Å². The summed E-state index contributed by atoms with van der Waals surface area (Å²) in [6.45, 7) is 5.86. The van der Waals surface area contributed by atoms with E-state index in [2.05, 4.69) is 15.3 Å². The lowest BCUT2D eigenvalue weighted by Gasteiger charge is -2.19. The Morgan fingerprint density at radius 3 is 2.94 bits per heavy atom. The lowest BCUT2D eigenvalue weighted by atomic mass is 10.2. The normalized spacial score (nSPS) is 11.5. The van der Waals surface area contributed by atoms with Crippen molar-refractivity contribution in [1.82, 2.24) is 15.3 Å². The number of rotatable bonds is 2. The van der Waals surface area contributed by atoms with E-state index in [0.717, 1.165) is 15.2 Å². The zero-order valence-corrected chi connectivity index (χ0v) is 11.4. The Hall–Kier alpha value is -1.69. The number of aromatic nitrogens is 2. The molecule has 2 aromatic rings. The predicted octanol–water partition coefficient (Wildman–Crippen LogP) is 2.72. The highest BCUT2D eigenvalue weighted by Crippen LogP contribution is 2.20. The monoisotopic (exact) mass is 265 g/mol. The zero-order chi connectivity index (χ0) is 13.2. The van der Waals surface area contributed by atoms with Gasteiger partial charge in [0.25, 0.3) is 0 Å². The maximum Gasteiger partial charge on any atom is 0.408 e. The maximum absolute atomic E-state index is 11.5. The number of hydrogen-bond donors (Lipinski definition) is 1. The highest BCUT2D eigenvalue weighted by molar-refractivity contribution is 7.18. The van der Waals surface area contributed by atoms with Crippen molar-refractivity contribution in [2.75, 3.05) is 0 Å². The van der Waals surface area contributed by atoms with Gasteiger partial charge in [-0.05, 0) is 26.8 Å². The molecule has 2 aromatic heterocycles. The summed E-state index contributed by atoms with van der Waals surface area (Å²) in [7, 11) is 0. The molecule has 0 radical (unpaired) electrons. The van der Waals surface area contributed by atoms with Crippen LogP contribution in [0.2, 0.25) is 0 Å². The Morgan fingerprint density at radius 2 is 2.28 bits per heavy atom. The quantitative estimate of drug-likeness (QED) is 0.906. The molecule has 18 heavy (non-hydrogen) atoms. The Bertz CT molecular complexity index is 527. The summed E-state index contributed by atoms with van der Waals surface area (Å²) in [5.41, 5.74) is 0.366. The molecular formula is C12H15N3O2S. The van der Waals surface area contributed by atoms with Gasteiger partial charge in [-0.1, -0.05) is 0 Å². The minimum Gasteiger partial charge on any atom is -0.444 e. The third-order valence-electron chi connectivity index (χ3n) is 2.02. The van der Waals surface area contributed by atoms with Crippen LogP contribution in [0.15, 0.2) is 18.5 Å². The van der Waals surface area contributed by atoms with E-state index in [0.29, 0.717) is 6.54 Å². The van der Waals surface area contributed by atoms with Gasteiger partial charge in [0.1, 0.15) is 10.6 Å². The molecule has 1 amide bonds. The van der Waals surface area contributed by atoms with E-state index < -0.39 is 11.7 Å². The molecule has 0 fully saturated rings. The SMILES string of the molecule is CC(C)(C)OC(=O)NCc1nc2cnccc2s1. The van der Waals surface area contributed by atoms with E-state index in [1.54, 1.807) is 12.4 Å². The number of nitrogens with one attached hydrogen (secondary N) is 1. The number of ether oxygens (including phenoxy) is 1. The van der Waals surface area contributed by atoms with Crippen LogP contribution < -0.4 is 5.32 Å². The van der Waals surface area contributed by atoms with Gasteiger partial charge in [0.2, 0.25) is 0 Å². The molecule has 0 saturated heterocycles. The first-order valence-electron chi connectivity index (χ1n) is 5.60. The van der Waals surface area contributed by atoms with E-state index in [9.17, 15) is 4.79 Å². The molecule has 0 aliphatic heterocycles. The molecule has 5 nitrogen and oxygen atoms in total. The minimum atomic E-state index is -0.485. The van der Waals surface area contributed by atoms with Gasteiger partial charge in [-0.15, -0.1) is 11.3 Å². The van der Waals surface area contributed by atoms with Gasteiger partial charge < -0.3 is 10.1 Å². The number of carbonyl (C=O) groups excluding carboxylic acids is 1. The van der Waals surface area contributed by atoms with Crippen molar-refractivity contribution < 1.29 is 9.53 Å². The molecule has 2 heterocycles. The molecule has 6 heteroatoms. The highest BCUT2D eigenvalue weighted by atomic mass is 32.1. The number of alkyl carbamates (subject to hydrolysis) is 1. The Kier molecular flexibility index (Phi) is 3.47. The van der Waals surface area contributed by atoms with Gasteiger partial charge >= 0.3 is 6.09 Å². The summed E-state index contributed by atoms with van der Waals surface area (Å²) in [4.78, 5) is 19.8. The second-order valence-electron chi connectivity index (χ2n) is 4.81. The number of hydrogen-bond acceptors (Lipinski definition) is 5. The van der Waals surface area contributed by atoms with Crippen molar-refractivity contribution in [3.05, 3.63) is 23.5 Å². The van der Waals surface area contributed by atoms with Crippen LogP contribution in [-0.2, 0) is 11.3 Å². The van der Waals surface area contributed by atoms with Crippen LogP contribution in [0.3, 0.4) is 0 Å². The molecule has 0 spiro atoms. The Labute approximate surface area is 109 Å². The average molecular weight is 265 g/mol. The van der Waals surface area contributed by atoms with Crippen molar-refractivity contribution in [3.8, 4) is 0 Å². The van der Waals surface area contributed by atoms with Crippen molar-refractivity contribution in [3.63, 3.8) is 0 Å². The summed E-state index contributed by atoms with van der Waals surface area (Å²) in [5, 5.41) is 3.52. The van der Waals surface area contributed by atoms with Crippen molar-refractivity contribution in [1.29, 1.82) is 0 Å². The summed E-state index contributed by atoms with van der Waals surface area (Å²) in [5.74, 6) is 0. The molecule has 96 valence electrons. The van der Waals surface area contributed by atoms with E-state index >= 15 is 0 Å². The molecule has 1 N–H and O–H groups in total. The average Bonchev–Trinajstić information content (AvgIpc) is 2.66. The van der Waals surface area contributed by atoms with E-state index in [1.807, 2.05) is 26.8 Å². The number of fused-ring (bicyclic) bond motifs is 1. The molecule has 0 atom stereocenters. The van der Waals surface area contributed by atoms with Crippen LogP contribution in [0.25, 0.3) is 10.2 Å². The lowest BCUT2D eigenvalue weighted by Crippen LogP contribution is -2.32. The van der Waals surface area contributed by atoms with Gasteiger partial charge in [0.15, 0.2) is 0 Å². The molecule has 0 saturated carbocycles. The summed E-state index contributed by atoms with van der Waals surface area (Å²) >= 11 is 1.54. The molecule has 0 aliphatic rings. The summed E-state index contributed by atoms with van der Waals surface area (Å²) < 4.78 is 6.21. The van der Waals surface area contributed by atoms with Gasteiger partial charge in [0.05, 0.1) is 23.0 Å². The van der Waals surface area contributed by atoms with E-state index in [-0.39, 0.29) is 0 Å². The molecule has 0 unspecified atom stereocenters. The third-order valence-corrected chi connectivity index (χ3v) is 3.05. The maximum atomic E-state index is 11.5. The molecule has 0 bridgehead atoms. The van der Waals surface area contributed by atoms with Gasteiger partial charge in [-0.2, -0.15) is 0 Å². The van der Waals surface area contributed by atoms with Crippen molar-refractivity contribution in [2.45, 2.75) is 32.9 Å². The van der Waals surface area contributed by atoms with Crippen LogP contribution in [0.5, 0.6) is 0 Å². The standard InChI is InChI=1S/C12H15N3O2S/c1-12(2,3)17-11(16)14-7-10-15-8-6-13-5-4-9(8)18-10/h4-6H,7H2,1-3H3,(H,14,16). The third kappa shape index (κ3) is 3.40. The molecular weight excluding hydrogens is 250 g/mol. The fourth-order valence-corrected chi connectivity index (χ4v) is 2.24. The zero-order valence-electron chi connectivity index (χ0n) is 10.6. The Balaban J connectivity index is 1.96. The van der Waals surface area contributed by atoms with Gasteiger partial charge in [0, 0.05) is 6.20 Å². The van der Waals surface area contributed by atoms with Gasteiger partial charge in [-0.3, -0.25) is 4.98 Å². The molecule has 2 rings (SSSR count). The fourth-order valence-electron chi connectivity index (χ4n) is 1.37. The Morgan fingerprint density at radius 1 is 1.50 bits per heavy atom. The van der Waals surface area contributed by atoms with Crippen LogP contribution in [-0.4, -0.2) is 21.7 Å². The second-order valence-corrected chi connectivity index (χ2v) is 5.92. The van der Waals surface area contributed by atoms with Crippen LogP contribution in [0.1, 0.15) is 25.8 Å². The first-order valence-corrected chi connectivity index (χ1v) is 6.42. The summed E-state index contributed by atoms with van der Waals surface area (Å²) in [6, 6.07) is 1.91. The van der Waals surface area contributed by atoms with Crippen molar-refractivity contribution >= 4 is 27.6 Å². The molecule has 0 aliphatic carbocycles. The predicted molar refractivity (Wildman–Crippen MR) is 70.5 cm³/mol. The lowest BCUT2D eigenvalue weighted by molar-refractivity contribution is 0.0523. The molecule has 0 aromatic carbocycles. The largest absolute Gasteiger partial charge is 0.444 e. The smallest absolute Gasteiger partial charge is 0.408 e. The summed E-state index contributed by atoms with van der Waals surface area (Å²) in [6.07, 6.45) is 3.01.